The minimum atomic E-state index is -3.16. The summed E-state index contributed by atoms with van der Waals surface area (Å²) in [6.07, 6.45) is 2.57. The Bertz CT molecular complexity index is 246. The van der Waals surface area contributed by atoms with Crippen molar-refractivity contribution in [2.45, 2.75) is 32.2 Å². The highest BCUT2D eigenvalue weighted by Gasteiger charge is 2.30. The fourth-order valence-electron chi connectivity index (χ4n) is 1.29. The molecule has 2 N–H and O–H groups in total. The predicted octanol–water partition coefficient (Wildman–Crippen LogP) is 0.0867. The fourth-order valence-corrected chi connectivity index (χ4v) is 2.68. The topological polar surface area (TPSA) is 66.4 Å². The number of rotatable bonds is 6. The molecule has 1 aliphatic carbocycles. The zero-order chi connectivity index (χ0) is 9.90. The van der Waals surface area contributed by atoms with Crippen molar-refractivity contribution in [3.8, 4) is 0 Å². The summed E-state index contributed by atoms with van der Waals surface area (Å²) in [4.78, 5) is 0. The molecule has 1 rings (SSSR count). The van der Waals surface area contributed by atoms with Gasteiger partial charge in [0.05, 0.1) is 5.75 Å². The van der Waals surface area contributed by atoms with E-state index in [4.69, 9.17) is 5.11 Å². The molecule has 0 bridgehead atoms. The summed E-state index contributed by atoms with van der Waals surface area (Å²) >= 11 is 0. The molecule has 5 heteroatoms. The second-order valence-electron chi connectivity index (χ2n) is 3.64. The molecule has 78 valence electrons. The van der Waals surface area contributed by atoms with Crippen LogP contribution in [0.25, 0.3) is 0 Å². The lowest BCUT2D eigenvalue weighted by Gasteiger charge is -2.12. The zero-order valence-electron chi connectivity index (χ0n) is 7.86. The molecule has 0 radical (unpaired) electrons. The fraction of sp³-hybridized carbons (Fsp3) is 1.00. The van der Waals surface area contributed by atoms with Crippen LogP contribution in [-0.4, -0.2) is 31.9 Å². The third-order valence-corrected chi connectivity index (χ3v) is 3.82. The van der Waals surface area contributed by atoms with Gasteiger partial charge in [-0.25, -0.2) is 13.1 Å². The first-order valence-electron chi connectivity index (χ1n) is 4.66. The second-order valence-corrected chi connectivity index (χ2v) is 5.51. The van der Waals surface area contributed by atoms with E-state index in [1.807, 2.05) is 6.92 Å². The Balaban J connectivity index is 2.31. The van der Waals surface area contributed by atoms with Gasteiger partial charge in [-0.1, -0.05) is 0 Å². The van der Waals surface area contributed by atoms with Crippen molar-refractivity contribution in [1.82, 2.24) is 4.72 Å². The Morgan fingerprint density at radius 1 is 1.54 bits per heavy atom. The third kappa shape index (κ3) is 4.06. The van der Waals surface area contributed by atoms with Crippen LogP contribution < -0.4 is 4.72 Å². The van der Waals surface area contributed by atoms with Crippen LogP contribution >= 0.6 is 0 Å². The first-order valence-corrected chi connectivity index (χ1v) is 6.31. The first kappa shape index (κ1) is 10.9. The van der Waals surface area contributed by atoms with Crippen LogP contribution in [0.15, 0.2) is 0 Å². The van der Waals surface area contributed by atoms with Crippen LogP contribution in [0.2, 0.25) is 0 Å². The summed E-state index contributed by atoms with van der Waals surface area (Å²) < 4.78 is 25.2. The van der Waals surface area contributed by atoms with Crippen LogP contribution in [0.1, 0.15) is 26.2 Å². The van der Waals surface area contributed by atoms with Crippen molar-refractivity contribution < 1.29 is 13.5 Å². The van der Waals surface area contributed by atoms with Crippen molar-refractivity contribution in [2.24, 2.45) is 5.92 Å². The Kier molecular flexibility index (Phi) is 3.70. The normalized spacial score (nSPS) is 20.2. The lowest BCUT2D eigenvalue weighted by Crippen LogP contribution is -2.35. The smallest absolute Gasteiger partial charge is 0.211 e. The number of hydrogen-bond acceptors (Lipinski definition) is 3. The van der Waals surface area contributed by atoms with Crippen molar-refractivity contribution >= 4 is 10.0 Å². The maximum absolute atomic E-state index is 11.3. The molecule has 1 fully saturated rings. The molecule has 4 nitrogen and oxygen atoms in total. The summed E-state index contributed by atoms with van der Waals surface area (Å²) in [7, 11) is -3.16. The van der Waals surface area contributed by atoms with E-state index in [0.29, 0.717) is 12.3 Å². The van der Waals surface area contributed by atoms with Gasteiger partial charge in [0.25, 0.3) is 0 Å². The van der Waals surface area contributed by atoms with Crippen LogP contribution in [0.3, 0.4) is 0 Å². The number of sulfonamides is 1. The van der Waals surface area contributed by atoms with Gasteiger partial charge >= 0.3 is 0 Å². The van der Waals surface area contributed by atoms with E-state index in [-0.39, 0.29) is 18.4 Å². The van der Waals surface area contributed by atoms with Crippen molar-refractivity contribution in [3.05, 3.63) is 0 Å². The maximum Gasteiger partial charge on any atom is 0.211 e. The molecule has 0 aliphatic heterocycles. The lowest BCUT2D eigenvalue weighted by molar-refractivity contribution is 0.295. The quantitative estimate of drug-likeness (QED) is 0.648. The van der Waals surface area contributed by atoms with E-state index in [9.17, 15) is 8.42 Å². The molecule has 13 heavy (non-hydrogen) atoms. The Hall–Kier alpha value is -0.130. The molecule has 0 aromatic rings. The van der Waals surface area contributed by atoms with Gasteiger partial charge < -0.3 is 5.11 Å². The van der Waals surface area contributed by atoms with Gasteiger partial charge in [0.1, 0.15) is 0 Å². The minimum Gasteiger partial charge on any atom is -0.396 e. The molecule has 0 amide bonds. The molecular formula is C8H17NO3S. The highest BCUT2D eigenvalue weighted by molar-refractivity contribution is 7.89. The zero-order valence-corrected chi connectivity index (χ0v) is 8.68. The van der Waals surface area contributed by atoms with Crippen LogP contribution in [0, 0.1) is 5.92 Å². The van der Waals surface area contributed by atoms with Gasteiger partial charge in [-0.3, -0.25) is 0 Å². The third-order valence-electron chi connectivity index (χ3n) is 2.27. The van der Waals surface area contributed by atoms with Gasteiger partial charge in [0.2, 0.25) is 10.0 Å². The highest BCUT2D eigenvalue weighted by atomic mass is 32.2. The predicted molar refractivity (Wildman–Crippen MR) is 50.8 cm³/mol. The summed E-state index contributed by atoms with van der Waals surface area (Å²) in [5, 5.41) is 8.49. The van der Waals surface area contributed by atoms with E-state index in [1.165, 1.54) is 0 Å². The number of aliphatic hydroxyl groups excluding tert-OH is 1. The SMILES string of the molecule is CC(NS(=O)(=O)CCCO)C1CC1. The molecule has 0 aromatic carbocycles. The number of aliphatic hydroxyl groups is 1. The summed E-state index contributed by atoms with van der Waals surface area (Å²) in [6.45, 7) is 1.83. The summed E-state index contributed by atoms with van der Waals surface area (Å²) in [6, 6.07) is 0.0590. The molecular weight excluding hydrogens is 190 g/mol. The summed E-state index contributed by atoms with van der Waals surface area (Å²) in [5.41, 5.74) is 0. The maximum atomic E-state index is 11.3. The van der Waals surface area contributed by atoms with Crippen LogP contribution in [0.5, 0.6) is 0 Å². The second kappa shape index (κ2) is 4.39. The van der Waals surface area contributed by atoms with E-state index in [0.717, 1.165) is 12.8 Å². The average molecular weight is 207 g/mol. The Morgan fingerprint density at radius 3 is 2.62 bits per heavy atom. The van der Waals surface area contributed by atoms with E-state index in [2.05, 4.69) is 4.72 Å². The van der Waals surface area contributed by atoms with E-state index < -0.39 is 10.0 Å². The number of hydrogen-bond donors (Lipinski definition) is 2. The van der Waals surface area contributed by atoms with Crippen molar-refractivity contribution in [3.63, 3.8) is 0 Å². The van der Waals surface area contributed by atoms with Gasteiger partial charge in [0.15, 0.2) is 0 Å². The Labute approximate surface area is 79.4 Å². The molecule has 1 unspecified atom stereocenters. The molecule has 1 aliphatic rings. The molecule has 0 saturated heterocycles. The van der Waals surface area contributed by atoms with Gasteiger partial charge in [-0.2, -0.15) is 0 Å². The average Bonchev–Trinajstić information content (AvgIpc) is 2.82. The largest absolute Gasteiger partial charge is 0.396 e. The van der Waals surface area contributed by atoms with E-state index >= 15 is 0 Å². The molecule has 0 aromatic heterocycles. The van der Waals surface area contributed by atoms with Crippen LogP contribution in [-0.2, 0) is 10.0 Å². The monoisotopic (exact) mass is 207 g/mol. The standard InChI is InChI=1S/C8H17NO3S/c1-7(8-3-4-8)9-13(11,12)6-2-5-10/h7-10H,2-6H2,1H3. The van der Waals surface area contributed by atoms with Crippen molar-refractivity contribution in [2.75, 3.05) is 12.4 Å². The van der Waals surface area contributed by atoms with Gasteiger partial charge in [-0.05, 0) is 32.1 Å². The van der Waals surface area contributed by atoms with Crippen LogP contribution in [0.4, 0.5) is 0 Å². The Morgan fingerprint density at radius 2 is 2.15 bits per heavy atom. The minimum absolute atomic E-state index is 0.0283. The van der Waals surface area contributed by atoms with Crippen molar-refractivity contribution in [1.29, 1.82) is 0 Å². The molecule has 0 spiro atoms. The van der Waals surface area contributed by atoms with Gasteiger partial charge in [-0.15, -0.1) is 0 Å². The molecule has 1 atom stereocenters. The highest BCUT2D eigenvalue weighted by Crippen LogP contribution is 2.32. The lowest BCUT2D eigenvalue weighted by atomic mass is 10.2. The first-order chi connectivity index (χ1) is 6.05. The molecule has 0 heterocycles. The molecule has 1 saturated carbocycles. The van der Waals surface area contributed by atoms with Gasteiger partial charge in [0, 0.05) is 12.6 Å². The number of nitrogens with one attached hydrogen (secondary N) is 1. The van der Waals surface area contributed by atoms with E-state index in [1.54, 1.807) is 0 Å². The summed E-state index contributed by atoms with van der Waals surface area (Å²) in [5.74, 6) is 0.560.